The Labute approximate surface area is 151 Å². The molecule has 1 heterocycles. The summed E-state index contributed by atoms with van der Waals surface area (Å²) in [6.45, 7) is 0.955. The van der Waals surface area contributed by atoms with Crippen LogP contribution in [0, 0.1) is 5.92 Å². The fraction of sp³-hybridized carbons (Fsp3) is 0.235. The highest BCUT2D eigenvalue weighted by Crippen LogP contribution is 2.22. The Hall–Kier alpha value is -2.09. The second kappa shape index (κ2) is 7.43. The minimum atomic E-state index is -3.79. The number of anilines is 2. The van der Waals surface area contributed by atoms with E-state index in [1.54, 1.807) is 30.3 Å². The van der Waals surface area contributed by atoms with Gasteiger partial charge in [0.05, 0.1) is 23.1 Å². The molecule has 0 bridgehead atoms. The number of hydrogen-bond acceptors (Lipinski definition) is 4. The lowest BCUT2D eigenvalue weighted by Crippen LogP contribution is -2.23. The van der Waals surface area contributed by atoms with E-state index in [2.05, 4.69) is 10.0 Å². The first-order valence-electron chi connectivity index (χ1n) is 7.71. The van der Waals surface area contributed by atoms with Gasteiger partial charge in [0.15, 0.2) is 0 Å². The lowest BCUT2D eigenvalue weighted by atomic mass is 10.1. The molecule has 1 saturated heterocycles. The molecule has 1 aliphatic heterocycles. The molecule has 6 nitrogen and oxygen atoms in total. The normalized spacial score (nSPS) is 17.2. The van der Waals surface area contributed by atoms with E-state index in [9.17, 15) is 13.2 Å². The molecule has 132 valence electrons. The van der Waals surface area contributed by atoms with Crippen LogP contribution in [0.1, 0.15) is 6.42 Å². The Kier molecular flexibility index (Phi) is 5.27. The molecule has 1 amide bonds. The highest BCUT2D eigenvalue weighted by molar-refractivity contribution is 7.92. The van der Waals surface area contributed by atoms with Gasteiger partial charge in [0.2, 0.25) is 5.91 Å². The first-order valence-corrected chi connectivity index (χ1v) is 9.57. The van der Waals surface area contributed by atoms with Crippen LogP contribution in [0.2, 0.25) is 5.02 Å². The van der Waals surface area contributed by atoms with Crippen molar-refractivity contribution in [2.24, 2.45) is 5.92 Å². The van der Waals surface area contributed by atoms with Gasteiger partial charge in [-0.2, -0.15) is 0 Å². The van der Waals surface area contributed by atoms with Gasteiger partial charge in [0, 0.05) is 17.3 Å². The summed E-state index contributed by atoms with van der Waals surface area (Å²) in [5.74, 6) is -0.375. The van der Waals surface area contributed by atoms with Crippen LogP contribution in [-0.2, 0) is 19.6 Å². The van der Waals surface area contributed by atoms with Gasteiger partial charge >= 0.3 is 0 Å². The van der Waals surface area contributed by atoms with Gasteiger partial charge in [-0.15, -0.1) is 0 Å². The summed E-state index contributed by atoms with van der Waals surface area (Å²) >= 11 is 5.87. The number of rotatable bonds is 5. The quantitative estimate of drug-likeness (QED) is 0.834. The molecule has 0 saturated carbocycles. The largest absolute Gasteiger partial charge is 0.381 e. The smallest absolute Gasteiger partial charge is 0.261 e. The number of halogens is 1. The minimum Gasteiger partial charge on any atom is -0.381 e. The number of benzene rings is 2. The van der Waals surface area contributed by atoms with Crippen LogP contribution < -0.4 is 10.0 Å². The van der Waals surface area contributed by atoms with Crippen molar-refractivity contribution in [3.8, 4) is 0 Å². The summed E-state index contributed by atoms with van der Waals surface area (Å²) in [5, 5.41) is 3.17. The molecule has 1 unspecified atom stereocenters. The van der Waals surface area contributed by atoms with Crippen molar-refractivity contribution in [3.63, 3.8) is 0 Å². The van der Waals surface area contributed by atoms with Crippen molar-refractivity contribution in [1.29, 1.82) is 0 Å². The van der Waals surface area contributed by atoms with Crippen molar-refractivity contribution in [1.82, 2.24) is 0 Å². The summed E-state index contributed by atoms with van der Waals surface area (Å²) in [6.07, 6.45) is 0.667. The second-order valence-electron chi connectivity index (χ2n) is 5.69. The van der Waals surface area contributed by atoms with Crippen LogP contribution in [0.5, 0.6) is 0 Å². The number of sulfonamides is 1. The molecule has 0 aromatic heterocycles. The van der Waals surface area contributed by atoms with E-state index in [1.807, 2.05) is 0 Å². The van der Waals surface area contributed by atoms with Crippen LogP contribution in [0.15, 0.2) is 53.4 Å². The second-order valence-corrected chi connectivity index (χ2v) is 7.81. The van der Waals surface area contributed by atoms with Crippen molar-refractivity contribution in [2.45, 2.75) is 11.3 Å². The topological polar surface area (TPSA) is 84.5 Å². The van der Waals surface area contributed by atoms with Crippen LogP contribution in [-0.4, -0.2) is 27.5 Å². The Morgan fingerprint density at radius 3 is 2.60 bits per heavy atom. The number of ether oxygens (including phenoxy) is 1. The third kappa shape index (κ3) is 4.50. The molecule has 0 spiro atoms. The third-order valence-corrected chi connectivity index (χ3v) is 5.40. The van der Waals surface area contributed by atoms with Crippen LogP contribution in [0.3, 0.4) is 0 Å². The van der Waals surface area contributed by atoms with Gasteiger partial charge < -0.3 is 10.1 Å². The fourth-order valence-corrected chi connectivity index (χ4v) is 3.78. The predicted octanol–water partition coefficient (Wildman–Crippen LogP) is 3.12. The van der Waals surface area contributed by atoms with E-state index in [-0.39, 0.29) is 16.7 Å². The molecule has 8 heteroatoms. The number of hydrogen-bond donors (Lipinski definition) is 2. The van der Waals surface area contributed by atoms with E-state index >= 15 is 0 Å². The number of amides is 1. The van der Waals surface area contributed by atoms with Crippen LogP contribution >= 0.6 is 11.6 Å². The van der Waals surface area contributed by atoms with Gasteiger partial charge in [-0.25, -0.2) is 8.42 Å². The summed E-state index contributed by atoms with van der Waals surface area (Å²) in [5.41, 5.74) is 0.788. The van der Waals surface area contributed by atoms with Gasteiger partial charge in [-0.3, -0.25) is 9.52 Å². The number of carbonyl (C=O) groups excluding carboxylic acids is 1. The summed E-state index contributed by atoms with van der Waals surface area (Å²) in [4.78, 5) is 12.2. The SMILES string of the molecule is O=C(Nc1cccc(S(=O)(=O)Nc2cccc(Cl)c2)c1)C1CCOC1. The van der Waals surface area contributed by atoms with Crippen molar-refractivity contribution in [2.75, 3.05) is 23.3 Å². The highest BCUT2D eigenvalue weighted by Gasteiger charge is 2.24. The number of carbonyl (C=O) groups is 1. The molecule has 2 aromatic rings. The maximum absolute atomic E-state index is 12.5. The Morgan fingerprint density at radius 2 is 1.88 bits per heavy atom. The van der Waals surface area contributed by atoms with Crippen molar-refractivity contribution >= 4 is 38.9 Å². The van der Waals surface area contributed by atoms with Crippen LogP contribution in [0.4, 0.5) is 11.4 Å². The summed E-state index contributed by atoms with van der Waals surface area (Å²) < 4.78 is 32.7. The van der Waals surface area contributed by atoms with Gasteiger partial charge in [0.25, 0.3) is 10.0 Å². The first-order chi connectivity index (χ1) is 11.9. The zero-order valence-electron chi connectivity index (χ0n) is 13.2. The molecular formula is C17H17ClN2O4S. The maximum Gasteiger partial charge on any atom is 0.261 e. The van der Waals surface area contributed by atoms with E-state index in [4.69, 9.17) is 16.3 Å². The Bertz CT molecular complexity index is 880. The van der Waals surface area contributed by atoms with E-state index in [0.29, 0.717) is 36.0 Å². The molecule has 1 atom stereocenters. The molecule has 2 aromatic carbocycles. The molecule has 3 rings (SSSR count). The van der Waals surface area contributed by atoms with Gasteiger partial charge in [-0.05, 0) is 42.8 Å². The van der Waals surface area contributed by atoms with E-state index < -0.39 is 10.0 Å². The lowest BCUT2D eigenvalue weighted by molar-refractivity contribution is -0.119. The van der Waals surface area contributed by atoms with Gasteiger partial charge in [-0.1, -0.05) is 23.7 Å². The third-order valence-electron chi connectivity index (χ3n) is 3.79. The monoisotopic (exact) mass is 380 g/mol. The molecule has 2 N–H and O–H groups in total. The average molecular weight is 381 g/mol. The first kappa shape index (κ1) is 17.7. The van der Waals surface area contributed by atoms with Gasteiger partial charge in [0.1, 0.15) is 0 Å². The molecule has 0 aliphatic carbocycles. The minimum absolute atomic E-state index is 0.0490. The number of nitrogens with one attached hydrogen (secondary N) is 2. The standard InChI is InChI=1S/C17H17ClN2O4S/c18-13-3-1-5-15(9-13)20-25(22,23)16-6-2-4-14(10-16)19-17(21)12-7-8-24-11-12/h1-6,9-10,12,20H,7-8,11H2,(H,19,21). The lowest BCUT2D eigenvalue weighted by Gasteiger charge is -2.12. The summed E-state index contributed by atoms with van der Waals surface area (Å²) in [6, 6.07) is 12.5. The average Bonchev–Trinajstić information content (AvgIpc) is 3.09. The Balaban J connectivity index is 1.76. The van der Waals surface area contributed by atoms with E-state index in [0.717, 1.165) is 0 Å². The molecule has 25 heavy (non-hydrogen) atoms. The Morgan fingerprint density at radius 1 is 1.12 bits per heavy atom. The maximum atomic E-state index is 12.5. The molecule has 1 fully saturated rings. The van der Waals surface area contributed by atoms with Crippen molar-refractivity contribution < 1.29 is 17.9 Å². The zero-order valence-corrected chi connectivity index (χ0v) is 14.8. The molecule has 0 radical (unpaired) electrons. The molecule has 1 aliphatic rings. The molecular weight excluding hydrogens is 364 g/mol. The fourth-order valence-electron chi connectivity index (χ4n) is 2.49. The predicted molar refractivity (Wildman–Crippen MR) is 96.3 cm³/mol. The highest BCUT2D eigenvalue weighted by atomic mass is 35.5. The zero-order chi connectivity index (χ0) is 17.9. The van der Waals surface area contributed by atoms with E-state index in [1.165, 1.54) is 18.2 Å². The van der Waals surface area contributed by atoms with Crippen LogP contribution in [0.25, 0.3) is 0 Å². The van der Waals surface area contributed by atoms with Crippen molar-refractivity contribution in [3.05, 3.63) is 53.6 Å². The summed E-state index contributed by atoms with van der Waals surface area (Å²) in [7, 11) is -3.79.